The van der Waals surface area contributed by atoms with Crippen molar-refractivity contribution in [3.63, 3.8) is 0 Å². The average Bonchev–Trinajstić information content (AvgIpc) is 2.81. The number of alkyl carbamates (subject to hydrolysis) is 1. The first kappa shape index (κ1) is 29.0. The van der Waals surface area contributed by atoms with Crippen LogP contribution >= 0.6 is 0 Å². The quantitative estimate of drug-likeness (QED) is 0.196. The highest BCUT2D eigenvalue weighted by Gasteiger charge is 2.25. The van der Waals surface area contributed by atoms with Gasteiger partial charge in [0.25, 0.3) is 0 Å². The topological polar surface area (TPSA) is 156 Å². The molecule has 0 saturated carbocycles. The zero-order valence-corrected chi connectivity index (χ0v) is 21.5. The Kier molecular flexibility index (Phi) is 10.3. The highest BCUT2D eigenvalue weighted by atomic mass is 16.6. The Morgan fingerprint density at radius 3 is 2.24 bits per heavy atom. The van der Waals surface area contributed by atoms with Gasteiger partial charge in [-0.25, -0.2) is 14.4 Å². The normalized spacial score (nSPS) is 11.6. The van der Waals surface area contributed by atoms with E-state index in [0.717, 1.165) is 0 Å². The average molecular weight is 516 g/mol. The Bertz CT molecular complexity index is 1110. The van der Waals surface area contributed by atoms with Gasteiger partial charge in [0.1, 0.15) is 22.9 Å². The highest BCUT2D eigenvalue weighted by molar-refractivity contribution is 6.04. The van der Waals surface area contributed by atoms with Gasteiger partial charge in [-0.3, -0.25) is 10.7 Å². The zero-order chi connectivity index (χ0) is 27.6. The number of carbonyl (C=O) groups is 3. The molecule has 200 valence electrons. The Morgan fingerprint density at radius 1 is 1.00 bits per heavy atom. The standard InChI is InChI=1S/C26H33N3O8/c1-6-34-18-12-13-20(36-15-21(30)35-7-2)19(14-18)22(24(31)32)28-17-10-8-16(9-11-17)23(27)29-25(33)37-26(3,4)5/h8-14,22,28H,6-7,15H2,1-5H3,(H,31,32)(H2,27,29,33). The summed E-state index contributed by atoms with van der Waals surface area (Å²) in [5.41, 5.74) is 0.355. The van der Waals surface area contributed by atoms with E-state index in [1.807, 2.05) is 0 Å². The molecular formula is C26H33N3O8. The molecule has 11 heteroatoms. The maximum absolute atomic E-state index is 12.2. The largest absolute Gasteiger partial charge is 0.494 e. The van der Waals surface area contributed by atoms with Gasteiger partial charge in [-0.05, 0) is 77.1 Å². The predicted octanol–water partition coefficient (Wildman–Crippen LogP) is 4.12. The van der Waals surface area contributed by atoms with Gasteiger partial charge >= 0.3 is 18.0 Å². The molecule has 2 aromatic carbocycles. The number of anilines is 1. The Hall–Kier alpha value is -4.28. The van der Waals surface area contributed by atoms with Crippen molar-refractivity contribution in [3.05, 3.63) is 53.6 Å². The van der Waals surface area contributed by atoms with E-state index < -0.39 is 29.7 Å². The lowest BCUT2D eigenvalue weighted by Gasteiger charge is -2.21. The molecule has 0 aliphatic rings. The van der Waals surface area contributed by atoms with Gasteiger partial charge in [-0.1, -0.05) is 0 Å². The number of amidine groups is 1. The zero-order valence-electron chi connectivity index (χ0n) is 21.5. The first-order valence-corrected chi connectivity index (χ1v) is 11.7. The van der Waals surface area contributed by atoms with Crippen molar-refractivity contribution in [1.29, 1.82) is 5.41 Å². The van der Waals surface area contributed by atoms with E-state index in [0.29, 0.717) is 23.6 Å². The first-order chi connectivity index (χ1) is 17.4. The molecule has 37 heavy (non-hydrogen) atoms. The molecule has 1 atom stereocenters. The smallest absolute Gasteiger partial charge is 0.413 e. The summed E-state index contributed by atoms with van der Waals surface area (Å²) in [6.45, 7) is 8.80. The van der Waals surface area contributed by atoms with Crippen LogP contribution in [-0.2, 0) is 19.1 Å². The number of rotatable bonds is 11. The molecular weight excluding hydrogens is 482 g/mol. The minimum atomic E-state index is -1.26. The fourth-order valence-electron chi connectivity index (χ4n) is 3.13. The van der Waals surface area contributed by atoms with Gasteiger partial charge in [-0.15, -0.1) is 0 Å². The first-order valence-electron chi connectivity index (χ1n) is 11.7. The number of nitrogens with one attached hydrogen (secondary N) is 3. The van der Waals surface area contributed by atoms with Crippen LogP contribution in [0.25, 0.3) is 0 Å². The molecule has 0 aliphatic carbocycles. The molecule has 0 aromatic heterocycles. The van der Waals surface area contributed by atoms with Crippen LogP contribution in [0.1, 0.15) is 51.8 Å². The summed E-state index contributed by atoms with van der Waals surface area (Å²) in [6.07, 6.45) is -0.754. The van der Waals surface area contributed by atoms with Crippen LogP contribution in [0.2, 0.25) is 0 Å². The Labute approximate surface area is 215 Å². The maximum Gasteiger partial charge on any atom is 0.413 e. The van der Waals surface area contributed by atoms with Crippen molar-refractivity contribution in [3.8, 4) is 11.5 Å². The number of benzene rings is 2. The number of amides is 1. The van der Waals surface area contributed by atoms with Crippen molar-refractivity contribution in [2.45, 2.75) is 46.3 Å². The summed E-state index contributed by atoms with van der Waals surface area (Å²) in [6, 6.07) is 9.66. The molecule has 0 bridgehead atoms. The van der Waals surface area contributed by atoms with E-state index in [1.165, 1.54) is 12.1 Å². The Balaban J connectivity index is 2.24. The molecule has 0 spiro atoms. The number of aliphatic carboxylic acids is 1. The lowest BCUT2D eigenvalue weighted by atomic mass is 10.0. The number of ether oxygens (including phenoxy) is 4. The molecule has 1 unspecified atom stereocenters. The SMILES string of the molecule is CCOC(=O)COc1ccc(OCC)cc1C(Nc1ccc(C(=N)NC(=O)OC(C)(C)C)cc1)C(=O)O. The summed E-state index contributed by atoms with van der Waals surface area (Å²) in [4.78, 5) is 35.9. The molecule has 0 aliphatic heterocycles. The van der Waals surface area contributed by atoms with Gasteiger partial charge in [-0.2, -0.15) is 0 Å². The molecule has 11 nitrogen and oxygen atoms in total. The number of esters is 1. The number of carboxylic acids is 1. The van der Waals surface area contributed by atoms with Crippen LogP contribution in [0.3, 0.4) is 0 Å². The molecule has 2 rings (SSSR count). The maximum atomic E-state index is 12.2. The van der Waals surface area contributed by atoms with Crippen molar-refractivity contribution in [1.82, 2.24) is 5.32 Å². The van der Waals surface area contributed by atoms with Gasteiger partial charge in [0.2, 0.25) is 0 Å². The van der Waals surface area contributed by atoms with Crippen LogP contribution in [0, 0.1) is 5.41 Å². The molecule has 0 fully saturated rings. The molecule has 0 radical (unpaired) electrons. The second-order valence-electron chi connectivity index (χ2n) is 8.72. The van der Waals surface area contributed by atoms with Gasteiger partial charge in [0.05, 0.1) is 13.2 Å². The monoisotopic (exact) mass is 515 g/mol. The van der Waals surface area contributed by atoms with Crippen LogP contribution in [-0.4, -0.2) is 54.4 Å². The third-order valence-corrected chi connectivity index (χ3v) is 4.61. The van der Waals surface area contributed by atoms with Crippen molar-refractivity contribution >= 4 is 29.6 Å². The summed E-state index contributed by atoms with van der Waals surface area (Å²) in [5.74, 6) is -1.34. The second kappa shape index (κ2) is 13.1. The van der Waals surface area contributed by atoms with E-state index >= 15 is 0 Å². The van der Waals surface area contributed by atoms with Crippen molar-refractivity contribution in [2.75, 3.05) is 25.1 Å². The summed E-state index contributed by atoms with van der Waals surface area (Å²) in [5, 5.41) is 23.3. The summed E-state index contributed by atoms with van der Waals surface area (Å²) >= 11 is 0. The fraction of sp³-hybridized carbons (Fsp3) is 0.385. The molecule has 4 N–H and O–H groups in total. The number of hydrogen-bond acceptors (Lipinski definition) is 9. The number of carbonyl (C=O) groups excluding carboxylic acids is 2. The molecule has 1 amide bonds. The predicted molar refractivity (Wildman–Crippen MR) is 136 cm³/mol. The minimum Gasteiger partial charge on any atom is -0.494 e. The van der Waals surface area contributed by atoms with E-state index in [4.69, 9.17) is 24.4 Å². The van der Waals surface area contributed by atoms with Crippen LogP contribution in [0.5, 0.6) is 11.5 Å². The van der Waals surface area contributed by atoms with Gasteiger partial charge < -0.3 is 29.4 Å². The van der Waals surface area contributed by atoms with Crippen LogP contribution in [0.4, 0.5) is 10.5 Å². The van der Waals surface area contributed by atoms with Crippen LogP contribution in [0.15, 0.2) is 42.5 Å². The third-order valence-electron chi connectivity index (χ3n) is 4.61. The second-order valence-corrected chi connectivity index (χ2v) is 8.72. The summed E-state index contributed by atoms with van der Waals surface area (Å²) in [7, 11) is 0. The lowest BCUT2D eigenvalue weighted by molar-refractivity contribution is -0.145. The van der Waals surface area contributed by atoms with E-state index in [9.17, 15) is 19.5 Å². The number of hydrogen-bond donors (Lipinski definition) is 4. The summed E-state index contributed by atoms with van der Waals surface area (Å²) < 4.78 is 21.1. The highest BCUT2D eigenvalue weighted by Crippen LogP contribution is 2.32. The molecule has 0 heterocycles. The number of carboxylic acid groups (broad SMARTS) is 1. The fourth-order valence-corrected chi connectivity index (χ4v) is 3.13. The van der Waals surface area contributed by atoms with Crippen molar-refractivity contribution < 1.29 is 38.4 Å². The van der Waals surface area contributed by atoms with Crippen LogP contribution < -0.4 is 20.1 Å². The van der Waals surface area contributed by atoms with Crippen molar-refractivity contribution in [2.24, 2.45) is 0 Å². The van der Waals surface area contributed by atoms with Gasteiger partial charge in [0.15, 0.2) is 12.6 Å². The van der Waals surface area contributed by atoms with E-state index in [2.05, 4.69) is 10.6 Å². The lowest BCUT2D eigenvalue weighted by Crippen LogP contribution is -2.36. The third kappa shape index (κ3) is 9.36. The minimum absolute atomic E-state index is 0.172. The molecule has 0 saturated heterocycles. The van der Waals surface area contributed by atoms with Gasteiger partial charge in [0, 0.05) is 16.8 Å². The van der Waals surface area contributed by atoms with E-state index in [1.54, 1.807) is 65.0 Å². The van der Waals surface area contributed by atoms with E-state index in [-0.39, 0.29) is 30.4 Å². The Morgan fingerprint density at radius 2 is 1.68 bits per heavy atom. The molecule has 2 aromatic rings.